The molecule has 0 saturated carbocycles. The van der Waals surface area contributed by atoms with E-state index in [2.05, 4.69) is 15.7 Å². The first-order valence-electron chi connectivity index (χ1n) is 5.97. The lowest BCUT2D eigenvalue weighted by atomic mass is 10.2. The third kappa shape index (κ3) is 6.42. The molecule has 0 radical (unpaired) electrons. The van der Waals surface area contributed by atoms with Gasteiger partial charge in [-0.1, -0.05) is 12.2 Å². The van der Waals surface area contributed by atoms with Gasteiger partial charge in [0.05, 0.1) is 0 Å². The number of nitrogens with zero attached hydrogens (tertiary/aromatic N) is 1. The van der Waals surface area contributed by atoms with Crippen molar-refractivity contribution in [2.75, 3.05) is 12.0 Å². The number of amides is 1. The highest BCUT2D eigenvalue weighted by molar-refractivity contribution is 5.68. The highest BCUT2D eigenvalue weighted by atomic mass is 16.6. The molecule has 6 heteroatoms. The summed E-state index contributed by atoms with van der Waals surface area (Å²) in [6, 6.07) is 3.63. The first kappa shape index (κ1) is 15.0. The highest BCUT2D eigenvalue weighted by Gasteiger charge is 2.14. The molecular formula is C13H20N4O2. The molecule has 19 heavy (non-hydrogen) atoms. The molecule has 104 valence electrons. The van der Waals surface area contributed by atoms with Crippen molar-refractivity contribution in [1.29, 1.82) is 0 Å². The number of hydrogen-bond acceptors (Lipinski definition) is 5. The number of carbonyl (C=O) groups excluding carboxylic acids is 1. The Bertz CT molecular complexity index is 435. The first-order chi connectivity index (χ1) is 8.90. The molecule has 1 heterocycles. The summed E-state index contributed by atoms with van der Waals surface area (Å²) in [7, 11) is 0. The van der Waals surface area contributed by atoms with Crippen LogP contribution < -0.4 is 16.6 Å². The lowest BCUT2D eigenvalue weighted by molar-refractivity contribution is 0.0534. The summed E-state index contributed by atoms with van der Waals surface area (Å²) in [5.74, 6) is 5.81. The fourth-order valence-electron chi connectivity index (χ4n) is 1.24. The largest absolute Gasteiger partial charge is 0.444 e. The van der Waals surface area contributed by atoms with Crippen LogP contribution in [-0.2, 0) is 4.74 Å². The molecule has 0 aliphatic rings. The Morgan fingerprint density at radius 1 is 1.47 bits per heavy atom. The smallest absolute Gasteiger partial charge is 0.407 e. The van der Waals surface area contributed by atoms with Gasteiger partial charge in [-0.05, 0) is 38.5 Å². The van der Waals surface area contributed by atoms with Gasteiger partial charge in [-0.25, -0.2) is 15.6 Å². The molecule has 0 bridgehead atoms. The van der Waals surface area contributed by atoms with Crippen LogP contribution in [0.1, 0.15) is 26.3 Å². The molecule has 1 aromatic rings. The number of carbonyl (C=O) groups is 1. The maximum absolute atomic E-state index is 11.4. The van der Waals surface area contributed by atoms with Crippen molar-refractivity contribution < 1.29 is 9.53 Å². The van der Waals surface area contributed by atoms with E-state index in [4.69, 9.17) is 10.6 Å². The summed E-state index contributed by atoms with van der Waals surface area (Å²) >= 11 is 0. The minimum atomic E-state index is -0.483. The van der Waals surface area contributed by atoms with Crippen LogP contribution in [0.25, 0.3) is 6.08 Å². The van der Waals surface area contributed by atoms with Gasteiger partial charge < -0.3 is 15.5 Å². The van der Waals surface area contributed by atoms with Crippen molar-refractivity contribution in [2.45, 2.75) is 26.4 Å². The maximum Gasteiger partial charge on any atom is 0.407 e. The number of nitrogens with two attached hydrogens (primary N) is 1. The van der Waals surface area contributed by atoms with Gasteiger partial charge in [-0.3, -0.25) is 0 Å². The van der Waals surface area contributed by atoms with Crippen molar-refractivity contribution >= 4 is 18.0 Å². The molecule has 0 unspecified atom stereocenters. The van der Waals surface area contributed by atoms with Crippen molar-refractivity contribution in [1.82, 2.24) is 10.3 Å². The van der Waals surface area contributed by atoms with Crippen LogP contribution in [0.4, 0.5) is 10.6 Å². The number of rotatable bonds is 4. The number of nitrogen functional groups attached to an aromatic ring is 1. The topological polar surface area (TPSA) is 89.3 Å². The van der Waals surface area contributed by atoms with E-state index in [0.717, 1.165) is 5.56 Å². The zero-order valence-electron chi connectivity index (χ0n) is 11.4. The summed E-state index contributed by atoms with van der Waals surface area (Å²) in [5, 5.41) is 2.63. The zero-order valence-corrected chi connectivity index (χ0v) is 11.4. The number of pyridine rings is 1. The first-order valence-corrected chi connectivity index (χ1v) is 5.97. The quantitative estimate of drug-likeness (QED) is 0.571. The van der Waals surface area contributed by atoms with Crippen molar-refractivity contribution in [3.8, 4) is 0 Å². The number of anilines is 1. The van der Waals surface area contributed by atoms with E-state index in [0.29, 0.717) is 12.4 Å². The van der Waals surface area contributed by atoms with Gasteiger partial charge >= 0.3 is 6.09 Å². The van der Waals surface area contributed by atoms with Crippen LogP contribution in [0, 0.1) is 0 Å². The molecule has 0 fully saturated rings. The van der Waals surface area contributed by atoms with E-state index < -0.39 is 11.7 Å². The predicted molar refractivity (Wildman–Crippen MR) is 75.3 cm³/mol. The number of aromatic nitrogens is 1. The van der Waals surface area contributed by atoms with Gasteiger partial charge in [0.2, 0.25) is 0 Å². The molecule has 4 N–H and O–H groups in total. The van der Waals surface area contributed by atoms with Gasteiger partial charge in [0.1, 0.15) is 11.4 Å². The third-order valence-electron chi connectivity index (χ3n) is 2.01. The van der Waals surface area contributed by atoms with Gasteiger partial charge in [-0.2, -0.15) is 0 Å². The Kier molecular flexibility index (Phi) is 5.32. The van der Waals surface area contributed by atoms with Gasteiger partial charge in [0.25, 0.3) is 0 Å². The molecule has 1 aromatic heterocycles. The number of ether oxygens (including phenoxy) is 1. The number of hydrogen-bond donors (Lipinski definition) is 3. The van der Waals surface area contributed by atoms with Crippen molar-refractivity contribution in [3.63, 3.8) is 0 Å². The minimum absolute atomic E-state index is 0.395. The fourth-order valence-corrected chi connectivity index (χ4v) is 1.24. The number of alkyl carbamates (subject to hydrolysis) is 1. The summed E-state index contributed by atoms with van der Waals surface area (Å²) in [4.78, 5) is 15.4. The SMILES string of the molecule is CC(C)(C)OC(=O)NCC=Cc1ccc(NN)nc1. The second kappa shape index (κ2) is 6.75. The predicted octanol–water partition coefficient (Wildman–Crippen LogP) is 1.91. The molecule has 0 spiro atoms. The van der Waals surface area contributed by atoms with Crippen LogP contribution >= 0.6 is 0 Å². The van der Waals surface area contributed by atoms with Crippen molar-refractivity contribution in [2.24, 2.45) is 5.84 Å². The zero-order chi connectivity index (χ0) is 14.3. The average Bonchev–Trinajstić information content (AvgIpc) is 2.33. The van der Waals surface area contributed by atoms with Crippen LogP contribution in [0.5, 0.6) is 0 Å². The van der Waals surface area contributed by atoms with E-state index in [9.17, 15) is 4.79 Å². The van der Waals surface area contributed by atoms with Crippen LogP contribution in [-0.4, -0.2) is 23.2 Å². The molecule has 0 aliphatic carbocycles. The highest BCUT2D eigenvalue weighted by Crippen LogP contribution is 2.06. The fraction of sp³-hybridized carbons (Fsp3) is 0.385. The molecule has 6 nitrogen and oxygen atoms in total. The van der Waals surface area contributed by atoms with Gasteiger partial charge in [-0.15, -0.1) is 0 Å². The Morgan fingerprint density at radius 3 is 2.74 bits per heavy atom. The summed E-state index contributed by atoms with van der Waals surface area (Å²) < 4.78 is 5.10. The molecule has 1 rings (SSSR count). The normalized spacial score (nSPS) is 11.4. The molecule has 0 saturated heterocycles. The van der Waals surface area contributed by atoms with E-state index >= 15 is 0 Å². The molecule has 0 aromatic carbocycles. The lowest BCUT2D eigenvalue weighted by Gasteiger charge is -2.19. The monoisotopic (exact) mass is 264 g/mol. The van der Waals surface area contributed by atoms with E-state index in [1.807, 2.05) is 39.0 Å². The summed E-state index contributed by atoms with van der Waals surface area (Å²) in [6.07, 6.45) is 4.92. The van der Waals surface area contributed by atoms with Crippen LogP contribution in [0.3, 0.4) is 0 Å². The molecular weight excluding hydrogens is 244 g/mol. The number of nitrogens with one attached hydrogen (secondary N) is 2. The minimum Gasteiger partial charge on any atom is -0.444 e. The Balaban J connectivity index is 2.35. The lowest BCUT2D eigenvalue weighted by Crippen LogP contribution is -2.32. The van der Waals surface area contributed by atoms with E-state index in [1.54, 1.807) is 12.3 Å². The molecule has 0 atom stereocenters. The second-order valence-corrected chi connectivity index (χ2v) is 4.91. The van der Waals surface area contributed by atoms with E-state index in [-0.39, 0.29) is 0 Å². The second-order valence-electron chi connectivity index (χ2n) is 4.91. The molecule has 1 amide bonds. The average molecular weight is 264 g/mol. The maximum atomic E-state index is 11.4. The van der Waals surface area contributed by atoms with Gasteiger partial charge in [0, 0.05) is 12.7 Å². The Labute approximate surface area is 113 Å². The number of hydrazine groups is 1. The van der Waals surface area contributed by atoms with Crippen LogP contribution in [0.2, 0.25) is 0 Å². The summed E-state index contributed by atoms with van der Waals surface area (Å²) in [5.41, 5.74) is 2.89. The van der Waals surface area contributed by atoms with Crippen molar-refractivity contribution in [3.05, 3.63) is 30.0 Å². The summed E-state index contributed by atoms with van der Waals surface area (Å²) in [6.45, 7) is 5.86. The van der Waals surface area contributed by atoms with Gasteiger partial charge in [0.15, 0.2) is 0 Å². The molecule has 0 aliphatic heterocycles. The standard InChI is InChI=1S/C13H20N4O2/c1-13(2,3)19-12(18)15-8-4-5-10-6-7-11(17-14)16-9-10/h4-7,9H,8,14H2,1-3H3,(H,15,18)(H,16,17). The Hall–Kier alpha value is -2.08. The van der Waals surface area contributed by atoms with Crippen LogP contribution in [0.15, 0.2) is 24.4 Å². The Morgan fingerprint density at radius 2 is 2.21 bits per heavy atom. The van der Waals surface area contributed by atoms with E-state index in [1.165, 1.54) is 0 Å². The third-order valence-corrected chi connectivity index (χ3v) is 2.01.